The van der Waals surface area contributed by atoms with Gasteiger partial charge in [-0.05, 0) is 52.4 Å². The fourth-order valence-electron chi connectivity index (χ4n) is 1.63. The molecule has 17 heavy (non-hydrogen) atoms. The molecule has 0 heterocycles. The summed E-state index contributed by atoms with van der Waals surface area (Å²) in [5, 5.41) is 3.37. The van der Waals surface area contributed by atoms with E-state index in [1.165, 1.54) is 12.8 Å². The van der Waals surface area contributed by atoms with Gasteiger partial charge in [-0.1, -0.05) is 12.1 Å². The van der Waals surface area contributed by atoms with E-state index in [1.807, 2.05) is 24.3 Å². The largest absolute Gasteiger partial charge is 0.397 e. The monoisotopic (exact) mass is 235 g/mol. The lowest BCUT2D eigenvalue weighted by Crippen LogP contribution is -2.27. The lowest BCUT2D eigenvalue weighted by molar-refractivity contribution is 0.269. The molecule has 0 aliphatic carbocycles. The molecular formula is C14H25N3. The zero-order valence-corrected chi connectivity index (χ0v) is 11.2. The van der Waals surface area contributed by atoms with Crippen molar-refractivity contribution in [3.8, 4) is 0 Å². The van der Waals surface area contributed by atoms with Crippen molar-refractivity contribution in [1.29, 1.82) is 0 Å². The molecule has 0 bridgehead atoms. The van der Waals surface area contributed by atoms with Crippen LogP contribution in [-0.4, -0.2) is 31.1 Å². The maximum atomic E-state index is 5.85. The number of para-hydroxylation sites is 2. The van der Waals surface area contributed by atoms with Crippen molar-refractivity contribution < 1.29 is 0 Å². The molecule has 0 amide bonds. The average molecular weight is 235 g/mol. The Morgan fingerprint density at radius 3 is 2.59 bits per heavy atom. The molecule has 96 valence electrons. The first kappa shape index (κ1) is 13.8. The molecule has 0 aliphatic heterocycles. The van der Waals surface area contributed by atoms with Crippen LogP contribution in [0.5, 0.6) is 0 Å². The second kappa shape index (κ2) is 7.17. The Labute approximate surface area is 105 Å². The van der Waals surface area contributed by atoms with E-state index in [1.54, 1.807) is 0 Å². The van der Waals surface area contributed by atoms with Gasteiger partial charge in [0.15, 0.2) is 0 Å². The summed E-state index contributed by atoms with van der Waals surface area (Å²) in [7, 11) is 2.17. The van der Waals surface area contributed by atoms with Crippen molar-refractivity contribution in [3.05, 3.63) is 24.3 Å². The Morgan fingerprint density at radius 2 is 1.94 bits per heavy atom. The third-order valence-corrected chi connectivity index (χ3v) is 3.10. The number of anilines is 2. The van der Waals surface area contributed by atoms with Gasteiger partial charge >= 0.3 is 0 Å². The highest BCUT2D eigenvalue weighted by Crippen LogP contribution is 2.16. The van der Waals surface area contributed by atoms with Crippen molar-refractivity contribution in [2.24, 2.45) is 0 Å². The minimum Gasteiger partial charge on any atom is -0.397 e. The van der Waals surface area contributed by atoms with Crippen LogP contribution in [0.1, 0.15) is 26.7 Å². The van der Waals surface area contributed by atoms with Crippen LogP contribution in [0.3, 0.4) is 0 Å². The van der Waals surface area contributed by atoms with E-state index in [0.29, 0.717) is 6.04 Å². The zero-order valence-electron chi connectivity index (χ0n) is 11.2. The minimum absolute atomic E-state index is 0.632. The smallest absolute Gasteiger partial charge is 0.0573 e. The van der Waals surface area contributed by atoms with Gasteiger partial charge in [-0.3, -0.25) is 0 Å². The van der Waals surface area contributed by atoms with Gasteiger partial charge in [-0.15, -0.1) is 0 Å². The van der Waals surface area contributed by atoms with Crippen LogP contribution in [0, 0.1) is 0 Å². The molecule has 0 fully saturated rings. The summed E-state index contributed by atoms with van der Waals surface area (Å²) in [5.41, 5.74) is 7.72. The van der Waals surface area contributed by atoms with E-state index < -0.39 is 0 Å². The lowest BCUT2D eigenvalue weighted by Gasteiger charge is -2.20. The molecule has 1 aromatic rings. The third kappa shape index (κ3) is 5.09. The number of nitrogens with two attached hydrogens (primary N) is 1. The van der Waals surface area contributed by atoms with E-state index in [0.717, 1.165) is 24.5 Å². The SMILES string of the molecule is CC(C)N(C)CCCCNc1ccccc1N. The second-order valence-electron chi connectivity index (χ2n) is 4.80. The Hall–Kier alpha value is -1.22. The van der Waals surface area contributed by atoms with Crippen LogP contribution in [0.25, 0.3) is 0 Å². The van der Waals surface area contributed by atoms with Crippen molar-refractivity contribution in [1.82, 2.24) is 4.90 Å². The van der Waals surface area contributed by atoms with Gasteiger partial charge in [0.2, 0.25) is 0 Å². The van der Waals surface area contributed by atoms with Crippen LogP contribution in [-0.2, 0) is 0 Å². The maximum Gasteiger partial charge on any atom is 0.0573 e. The van der Waals surface area contributed by atoms with Crippen molar-refractivity contribution in [2.75, 3.05) is 31.2 Å². The zero-order chi connectivity index (χ0) is 12.7. The molecule has 3 N–H and O–H groups in total. The molecule has 0 saturated heterocycles. The summed E-state index contributed by atoms with van der Waals surface area (Å²) in [6.07, 6.45) is 2.39. The molecular weight excluding hydrogens is 210 g/mol. The van der Waals surface area contributed by atoms with Crippen LogP contribution >= 0.6 is 0 Å². The van der Waals surface area contributed by atoms with E-state index in [-0.39, 0.29) is 0 Å². The fraction of sp³-hybridized carbons (Fsp3) is 0.571. The summed E-state index contributed by atoms with van der Waals surface area (Å²) in [6, 6.07) is 8.54. The first-order valence-corrected chi connectivity index (χ1v) is 6.40. The van der Waals surface area contributed by atoms with E-state index in [9.17, 15) is 0 Å². The molecule has 1 rings (SSSR count). The highest BCUT2D eigenvalue weighted by molar-refractivity contribution is 5.65. The first-order valence-electron chi connectivity index (χ1n) is 6.40. The van der Waals surface area contributed by atoms with Gasteiger partial charge in [-0.25, -0.2) is 0 Å². The maximum absolute atomic E-state index is 5.85. The van der Waals surface area contributed by atoms with Crippen molar-refractivity contribution >= 4 is 11.4 Å². The van der Waals surface area contributed by atoms with Gasteiger partial charge in [0, 0.05) is 12.6 Å². The van der Waals surface area contributed by atoms with Gasteiger partial charge in [0.25, 0.3) is 0 Å². The summed E-state index contributed by atoms with van der Waals surface area (Å²) in [5.74, 6) is 0. The molecule has 1 aromatic carbocycles. The highest BCUT2D eigenvalue weighted by Gasteiger charge is 2.02. The molecule has 0 aromatic heterocycles. The third-order valence-electron chi connectivity index (χ3n) is 3.10. The van der Waals surface area contributed by atoms with Gasteiger partial charge in [0.05, 0.1) is 11.4 Å². The lowest BCUT2D eigenvalue weighted by atomic mass is 10.2. The summed E-state index contributed by atoms with van der Waals surface area (Å²) >= 11 is 0. The predicted molar refractivity (Wildman–Crippen MR) is 76.3 cm³/mol. The average Bonchev–Trinajstić information content (AvgIpc) is 2.30. The second-order valence-corrected chi connectivity index (χ2v) is 4.80. The van der Waals surface area contributed by atoms with Crippen LogP contribution < -0.4 is 11.1 Å². The van der Waals surface area contributed by atoms with Gasteiger partial charge < -0.3 is 16.0 Å². The number of unbranched alkanes of at least 4 members (excludes halogenated alkanes) is 1. The summed E-state index contributed by atoms with van der Waals surface area (Å²) in [4.78, 5) is 2.37. The molecule has 0 spiro atoms. The highest BCUT2D eigenvalue weighted by atomic mass is 15.1. The van der Waals surface area contributed by atoms with Crippen molar-refractivity contribution in [3.63, 3.8) is 0 Å². The molecule has 0 atom stereocenters. The normalized spacial score (nSPS) is 11.1. The summed E-state index contributed by atoms with van der Waals surface area (Å²) in [6.45, 7) is 6.59. The van der Waals surface area contributed by atoms with E-state index in [4.69, 9.17) is 5.73 Å². The number of nitrogens with one attached hydrogen (secondary N) is 1. The molecule has 0 aliphatic rings. The number of benzene rings is 1. The molecule has 0 unspecified atom stereocenters. The first-order chi connectivity index (χ1) is 8.11. The predicted octanol–water partition coefficient (Wildman–Crippen LogP) is 2.80. The summed E-state index contributed by atoms with van der Waals surface area (Å²) < 4.78 is 0. The number of nitrogens with zero attached hydrogens (tertiary/aromatic N) is 1. The van der Waals surface area contributed by atoms with Crippen LogP contribution in [0.4, 0.5) is 11.4 Å². The van der Waals surface area contributed by atoms with Crippen LogP contribution in [0.2, 0.25) is 0 Å². The Kier molecular flexibility index (Phi) is 5.84. The quantitative estimate of drug-likeness (QED) is 0.564. The molecule has 0 saturated carbocycles. The van der Waals surface area contributed by atoms with Gasteiger partial charge in [0.1, 0.15) is 0 Å². The number of hydrogen-bond acceptors (Lipinski definition) is 3. The number of nitrogen functional groups attached to an aromatic ring is 1. The molecule has 3 heteroatoms. The minimum atomic E-state index is 0.632. The van der Waals surface area contributed by atoms with Crippen LogP contribution in [0.15, 0.2) is 24.3 Å². The van der Waals surface area contributed by atoms with E-state index in [2.05, 4.69) is 31.1 Å². The fourth-order valence-corrected chi connectivity index (χ4v) is 1.63. The number of hydrogen-bond donors (Lipinski definition) is 2. The van der Waals surface area contributed by atoms with Gasteiger partial charge in [-0.2, -0.15) is 0 Å². The molecule has 3 nitrogen and oxygen atoms in total. The molecule has 0 radical (unpaired) electrons. The van der Waals surface area contributed by atoms with E-state index >= 15 is 0 Å². The Balaban J connectivity index is 2.15. The Morgan fingerprint density at radius 1 is 1.24 bits per heavy atom. The van der Waals surface area contributed by atoms with Crippen molar-refractivity contribution in [2.45, 2.75) is 32.7 Å². The standard InChI is InChI=1S/C14H25N3/c1-12(2)17(3)11-7-6-10-16-14-9-5-4-8-13(14)15/h4-5,8-9,12,16H,6-7,10-11,15H2,1-3H3. The number of rotatable bonds is 7. The Bertz CT molecular complexity index is 323. The topological polar surface area (TPSA) is 41.3 Å².